The van der Waals surface area contributed by atoms with Crippen molar-refractivity contribution in [1.29, 1.82) is 5.26 Å². The summed E-state index contributed by atoms with van der Waals surface area (Å²) in [5, 5.41) is 25.0. The Morgan fingerprint density at radius 1 is 1.40 bits per heavy atom. The zero-order valence-corrected chi connectivity index (χ0v) is 20.5. The van der Waals surface area contributed by atoms with E-state index in [9.17, 15) is 10.1 Å². The zero-order chi connectivity index (χ0) is 24.5. The molecule has 3 aromatic heterocycles. The van der Waals surface area contributed by atoms with Gasteiger partial charge in [0.25, 0.3) is 5.91 Å². The number of amides is 1. The van der Waals surface area contributed by atoms with Gasteiger partial charge in [0.2, 0.25) is 5.95 Å². The Morgan fingerprint density at radius 2 is 2.23 bits per heavy atom. The molecule has 2 fully saturated rings. The number of fused-ring (bicyclic) bond motifs is 1. The van der Waals surface area contributed by atoms with E-state index in [-0.39, 0.29) is 17.5 Å². The van der Waals surface area contributed by atoms with E-state index in [1.54, 1.807) is 15.8 Å². The van der Waals surface area contributed by atoms with Crippen molar-refractivity contribution in [2.75, 3.05) is 30.4 Å². The number of likely N-dealkylation sites (N-methyl/N-ethyl adjacent to an activating group) is 1. The van der Waals surface area contributed by atoms with Crippen LogP contribution in [-0.2, 0) is 11.3 Å². The fraction of sp³-hybridized carbons (Fsp3) is 0.478. The molecule has 0 bridgehead atoms. The molecule has 1 saturated heterocycles. The Kier molecular flexibility index (Phi) is 6.30. The van der Waals surface area contributed by atoms with Crippen LogP contribution in [0.2, 0.25) is 5.15 Å². The van der Waals surface area contributed by atoms with Crippen molar-refractivity contribution >= 4 is 46.0 Å². The minimum atomic E-state index is -0.193. The second-order valence-corrected chi connectivity index (χ2v) is 9.38. The van der Waals surface area contributed by atoms with E-state index in [0.29, 0.717) is 47.0 Å². The highest BCUT2D eigenvalue weighted by Gasteiger charge is 2.31. The molecule has 0 aromatic carbocycles. The summed E-state index contributed by atoms with van der Waals surface area (Å²) < 4.78 is 1.81. The van der Waals surface area contributed by atoms with Crippen LogP contribution >= 0.6 is 11.6 Å². The first-order valence-electron chi connectivity index (χ1n) is 11.8. The molecule has 2 aliphatic rings. The summed E-state index contributed by atoms with van der Waals surface area (Å²) in [5.74, 6) is 1.17. The molecule has 35 heavy (non-hydrogen) atoms. The van der Waals surface area contributed by atoms with Crippen LogP contribution < -0.4 is 10.2 Å². The molecule has 0 spiro atoms. The number of halogens is 1. The van der Waals surface area contributed by atoms with Gasteiger partial charge in [0.05, 0.1) is 11.9 Å². The lowest BCUT2D eigenvalue weighted by atomic mass is 10.0. The maximum Gasteiger partial charge on any atom is 0.264 e. The number of H-pyrrole nitrogens is 1. The van der Waals surface area contributed by atoms with Gasteiger partial charge in [0.15, 0.2) is 5.65 Å². The number of carbonyl (C=O) groups excluding carboxylic acids is 1. The molecule has 12 heteroatoms. The fourth-order valence-corrected chi connectivity index (χ4v) is 4.58. The average Bonchev–Trinajstić information content (AvgIpc) is 3.47. The second kappa shape index (κ2) is 9.54. The Labute approximate surface area is 207 Å². The summed E-state index contributed by atoms with van der Waals surface area (Å²) in [4.78, 5) is 26.1. The summed E-state index contributed by atoms with van der Waals surface area (Å²) >= 11 is 6.42. The molecule has 5 rings (SSSR count). The van der Waals surface area contributed by atoms with Crippen LogP contribution in [0, 0.1) is 17.2 Å². The van der Waals surface area contributed by atoms with E-state index in [1.807, 2.05) is 31.1 Å². The number of nitriles is 1. The SMILES string of the molecule is CCn1cc(Nc2nc(N(C)[C@@H]3CCCN(C(=O)/C(C#N)=C/C4CC4)C3)c3c(Cl)[nH]nc3n2)cn1. The summed E-state index contributed by atoms with van der Waals surface area (Å²) in [6.07, 6.45) is 9.22. The van der Waals surface area contributed by atoms with Crippen LogP contribution in [0.25, 0.3) is 11.0 Å². The largest absolute Gasteiger partial charge is 0.354 e. The van der Waals surface area contributed by atoms with Gasteiger partial charge in [-0.3, -0.25) is 14.6 Å². The molecule has 1 atom stereocenters. The number of aryl methyl sites for hydroxylation is 1. The van der Waals surface area contributed by atoms with Crippen molar-refractivity contribution in [3.8, 4) is 6.07 Å². The van der Waals surface area contributed by atoms with Crippen molar-refractivity contribution < 1.29 is 4.79 Å². The van der Waals surface area contributed by atoms with Gasteiger partial charge in [-0.1, -0.05) is 17.7 Å². The first kappa shape index (κ1) is 23.1. The van der Waals surface area contributed by atoms with Gasteiger partial charge in [-0.25, -0.2) is 0 Å². The van der Waals surface area contributed by atoms with Gasteiger partial charge in [-0.15, -0.1) is 0 Å². The van der Waals surface area contributed by atoms with Crippen LogP contribution in [0.1, 0.15) is 32.6 Å². The smallest absolute Gasteiger partial charge is 0.264 e. The van der Waals surface area contributed by atoms with Gasteiger partial charge in [-0.2, -0.15) is 25.4 Å². The number of anilines is 3. The van der Waals surface area contributed by atoms with E-state index in [2.05, 4.69) is 31.7 Å². The highest BCUT2D eigenvalue weighted by molar-refractivity contribution is 6.35. The number of hydrogen-bond donors (Lipinski definition) is 2. The number of nitrogens with zero attached hydrogens (tertiary/aromatic N) is 8. The maximum absolute atomic E-state index is 13.0. The lowest BCUT2D eigenvalue weighted by molar-refractivity contribution is -0.127. The molecule has 4 heterocycles. The maximum atomic E-state index is 13.0. The van der Waals surface area contributed by atoms with Crippen molar-refractivity contribution in [3.63, 3.8) is 0 Å². The molecular formula is C23H27ClN10O. The van der Waals surface area contributed by atoms with Crippen molar-refractivity contribution in [3.05, 3.63) is 29.2 Å². The normalized spacial score (nSPS) is 18.5. The monoisotopic (exact) mass is 494 g/mol. The summed E-state index contributed by atoms with van der Waals surface area (Å²) in [5.41, 5.74) is 1.46. The average molecular weight is 495 g/mol. The van der Waals surface area contributed by atoms with Gasteiger partial charge in [0, 0.05) is 38.9 Å². The molecule has 1 saturated carbocycles. The third kappa shape index (κ3) is 4.79. The first-order valence-corrected chi connectivity index (χ1v) is 12.2. The molecule has 1 aliphatic heterocycles. The van der Waals surface area contributed by atoms with Crippen LogP contribution in [0.4, 0.5) is 17.5 Å². The van der Waals surface area contributed by atoms with E-state index >= 15 is 0 Å². The minimum Gasteiger partial charge on any atom is -0.354 e. The summed E-state index contributed by atoms with van der Waals surface area (Å²) in [6.45, 7) is 3.89. The van der Waals surface area contributed by atoms with Gasteiger partial charge in [0.1, 0.15) is 28.0 Å². The topological polar surface area (TPSA) is 132 Å². The van der Waals surface area contributed by atoms with Crippen molar-refractivity contribution in [2.45, 2.75) is 45.2 Å². The predicted molar refractivity (Wildman–Crippen MR) is 132 cm³/mol. The Hall–Kier alpha value is -3.65. The predicted octanol–water partition coefficient (Wildman–Crippen LogP) is 3.25. The van der Waals surface area contributed by atoms with Crippen LogP contribution in [0.5, 0.6) is 0 Å². The molecule has 11 nitrogen and oxygen atoms in total. The number of carbonyl (C=O) groups is 1. The quantitative estimate of drug-likeness (QED) is 0.378. The van der Waals surface area contributed by atoms with Crippen LogP contribution in [-0.4, -0.2) is 66.9 Å². The highest BCUT2D eigenvalue weighted by atomic mass is 35.5. The number of aromatic amines is 1. The number of aromatic nitrogens is 6. The third-order valence-electron chi connectivity index (χ3n) is 6.50. The molecular weight excluding hydrogens is 468 g/mol. The molecule has 1 aliphatic carbocycles. The Morgan fingerprint density at radius 3 is 2.94 bits per heavy atom. The highest BCUT2D eigenvalue weighted by Crippen LogP contribution is 2.33. The number of hydrogen-bond acceptors (Lipinski definition) is 8. The van der Waals surface area contributed by atoms with Crippen molar-refractivity contribution in [2.24, 2.45) is 5.92 Å². The van der Waals surface area contributed by atoms with Crippen LogP contribution in [0.15, 0.2) is 24.0 Å². The second-order valence-electron chi connectivity index (χ2n) is 9.00. The van der Waals surface area contributed by atoms with E-state index in [0.717, 1.165) is 37.9 Å². The fourth-order valence-electron chi connectivity index (χ4n) is 4.37. The molecule has 2 N–H and O–H groups in total. The Bertz CT molecular complexity index is 1320. The lowest BCUT2D eigenvalue weighted by Gasteiger charge is -2.38. The first-order chi connectivity index (χ1) is 17.0. The third-order valence-corrected chi connectivity index (χ3v) is 6.78. The number of likely N-dealkylation sites (tertiary alicyclic amines) is 1. The van der Waals surface area contributed by atoms with Gasteiger partial charge in [-0.05, 0) is 38.5 Å². The zero-order valence-electron chi connectivity index (χ0n) is 19.7. The minimum absolute atomic E-state index is 0.00618. The van der Waals surface area contributed by atoms with Crippen LogP contribution in [0.3, 0.4) is 0 Å². The summed E-state index contributed by atoms with van der Waals surface area (Å²) in [6, 6.07) is 2.10. The lowest BCUT2D eigenvalue weighted by Crippen LogP contribution is -2.49. The molecule has 0 radical (unpaired) electrons. The van der Waals surface area contributed by atoms with E-state index < -0.39 is 0 Å². The Balaban J connectivity index is 1.41. The standard InChI is InChI=1S/C23H27ClN10O/c1-3-34-12-16(11-26-34)27-23-28-20-18(19(24)30-31-20)21(29-23)32(2)17-5-4-8-33(13-17)22(35)15(10-25)9-14-6-7-14/h9,11-12,14,17H,3-8,13H2,1-2H3,(H2,27,28,29,30,31)/b15-9+/t17-/m1/s1. The molecule has 1 amide bonds. The number of nitrogens with one attached hydrogen (secondary N) is 2. The molecule has 0 unspecified atom stereocenters. The van der Waals surface area contributed by atoms with E-state index in [4.69, 9.17) is 16.6 Å². The van der Waals surface area contributed by atoms with Crippen molar-refractivity contribution in [1.82, 2.24) is 34.8 Å². The van der Waals surface area contributed by atoms with E-state index in [1.165, 1.54) is 0 Å². The number of allylic oxidation sites excluding steroid dienone is 1. The summed E-state index contributed by atoms with van der Waals surface area (Å²) in [7, 11) is 1.94. The molecule has 182 valence electrons. The van der Waals surface area contributed by atoms with Gasteiger partial charge >= 0.3 is 0 Å². The molecule has 3 aromatic rings. The number of rotatable bonds is 7. The number of piperidine rings is 1. The van der Waals surface area contributed by atoms with Gasteiger partial charge < -0.3 is 15.1 Å².